The van der Waals surface area contributed by atoms with Gasteiger partial charge in [-0.05, 0) is 23.7 Å². The highest BCUT2D eigenvalue weighted by atomic mass is 35.5. The van der Waals surface area contributed by atoms with E-state index in [0.29, 0.717) is 5.75 Å². The van der Waals surface area contributed by atoms with E-state index in [1.54, 1.807) is 12.1 Å². The molecule has 0 atom stereocenters. The zero-order chi connectivity index (χ0) is 7.40. The highest BCUT2D eigenvalue weighted by Crippen LogP contribution is 2.08. The molecule has 1 aromatic carbocycles. The van der Waals surface area contributed by atoms with E-state index in [4.69, 9.17) is 21.7 Å². The Morgan fingerprint density at radius 1 is 1.30 bits per heavy atom. The van der Waals surface area contributed by atoms with Crippen molar-refractivity contribution in [2.45, 2.75) is 0 Å². The highest BCUT2D eigenvalue weighted by Gasteiger charge is 1.91. The summed E-state index contributed by atoms with van der Waals surface area (Å²) in [5.41, 5.74) is 0. The molecule has 52 valence electrons. The molecule has 0 aliphatic carbocycles. The van der Waals surface area contributed by atoms with Crippen molar-refractivity contribution in [1.82, 2.24) is 0 Å². The summed E-state index contributed by atoms with van der Waals surface area (Å²) in [6.45, 7) is 0. The molecule has 2 nitrogen and oxygen atoms in total. The Kier molecular flexibility index (Phi) is 2.29. The first-order valence-corrected chi connectivity index (χ1v) is 3.14. The van der Waals surface area contributed by atoms with Crippen LogP contribution in [0.3, 0.4) is 0 Å². The van der Waals surface area contributed by atoms with Crippen LogP contribution in [0, 0.1) is 5.41 Å². The van der Waals surface area contributed by atoms with Crippen molar-refractivity contribution in [2.24, 2.45) is 0 Å². The van der Waals surface area contributed by atoms with E-state index in [1.807, 2.05) is 18.2 Å². The van der Waals surface area contributed by atoms with Gasteiger partial charge in [0.2, 0.25) is 0 Å². The van der Waals surface area contributed by atoms with E-state index in [2.05, 4.69) is 0 Å². The first kappa shape index (κ1) is 7.09. The Morgan fingerprint density at radius 2 is 1.90 bits per heavy atom. The molecule has 0 saturated carbocycles. The average Bonchev–Trinajstić information content (AvgIpc) is 1.88. The van der Waals surface area contributed by atoms with Crippen LogP contribution in [0.1, 0.15) is 0 Å². The lowest BCUT2D eigenvalue weighted by Gasteiger charge is -1.98. The van der Waals surface area contributed by atoms with Gasteiger partial charge in [0.05, 0.1) is 0 Å². The number of para-hydroxylation sites is 1. The predicted octanol–water partition coefficient (Wildman–Crippen LogP) is 2.24. The van der Waals surface area contributed by atoms with Crippen molar-refractivity contribution in [3.8, 4) is 5.75 Å². The van der Waals surface area contributed by atoms with Crippen molar-refractivity contribution >= 4 is 17.0 Å². The second-order valence-electron chi connectivity index (χ2n) is 1.69. The molecular formula is C7H6ClNO. The molecule has 0 fully saturated rings. The molecule has 0 aliphatic heterocycles. The third kappa shape index (κ3) is 2.07. The lowest BCUT2D eigenvalue weighted by atomic mass is 10.3. The first-order valence-electron chi connectivity index (χ1n) is 2.76. The Balaban J connectivity index is 2.67. The lowest BCUT2D eigenvalue weighted by Crippen LogP contribution is -1.96. The predicted molar refractivity (Wildman–Crippen MR) is 40.6 cm³/mol. The maximum absolute atomic E-state index is 6.77. The molecule has 0 aromatic heterocycles. The summed E-state index contributed by atoms with van der Waals surface area (Å²) in [7, 11) is 0. The van der Waals surface area contributed by atoms with Crippen LogP contribution in [0.2, 0.25) is 0 Å². The van der Waals surface area contributed by atoms with Crippen LogP contribution in [0.4, 0.5) is 0 Å². The largest absolute Gasteiger partial charge is 0.430 e. The summed E-state index contributed by atoms with van der Waals surface area (Å²) >= 11 is 5.17. The Bertz CT molecular complexity index is 222. The molecule has 1 rings (SSSR count). The quantitative estimate of drug-likeness (QED) is 0.490. The third-order valence-electron chi connectivity index (χ3n) is 0.951. The highest BCUT2D eigenvalue weighted by molar-refractivity contribution is 6.62. The Hall–Kier alpha value is -1.02. The minimum atomic E-state index is -0.314. The fourth-order valence-electron chi connectivity index (χ4n) is 0.592. The molecule has 0 spiro atoms. The molecule has 0 aliphatic rings. The lowest BCUT2D eigenvalue weighted by molar-refractivity contribution is 0.560. The van der Waals surface area contributed by atoms with E-state index in [-0.39, 0.29) is 5.36 Å². The number of hydrogen-bond donors (Lipinski definition) is 1. The van der Waals surface area contributed by atoms with Crippen molar-refractivity contribution in [2.75, 3.05) is 0 Å². The zero-order valence-corrected chi connectivity index (χ0v) is 5.93. The topological polar surface area (TPSA) is 33.1 Å². The van der Waals surface area contributed by atoms with Gasteiger partial charge in [-0.3, -0.25) is 5.41 Å². The van der Waals surface area contributed by atoms with Gasteiger partial charge in [-0.2, -0.15) is 0 Å². The van der Waals surface area contributed by atoms with Gasteiger partial charge in [0, 0.05) is 0 Å². The second-order valence-corrected chi connectivity index (χ2v) is 2.03. The van der Waals surface area contributed by atoms with Crippen LogP contribution in [0.25, 0.3) is 0 Å². The number of nitrogens with one attached hydrogen (secondary N) is 1. The van der Waals surface area contributed by atoms with E-state index in [1.165, 1.54) is 0 Å². The minimum absolute atomic E-state index is 0.314. The van der Waals surface area contributed by atoms with Crippen molar-refractivity contribution in [3.05, 3.63) is 30.3 Å². The maximum Gasteiger partial charge on any atom is 0.284 e. The second kappa shape index (κ2) is 3.22. The monoisotopic (exact) mass is 155 g/mol. The fraction of sp³-hybridized carbons (Fsp3) is 0. The van der Waals surface area contributed by atoms with Gasteiger partial charge < -0.3 is 4.74 Å². The van der Waals surface area contributed by atoms with Crippen molar-refractivity contribution in [1.29, 1.82) is 5.41 Å². The SMILES string of the molecule is N=C(Cl)Oc1ccccc1. The van der Waals surface area contributed by atoms with Gasteiger partial charge >= 0.3 is 0 Å². The molecule has 0 unspecified atom stereocenters. The van der Waals surface area contributed by atoms with Gasteiger partial charge in [0.15, 0.2) is 0 Å². The third-order valence-corrected chi connectivity index (χ3v) is 1.03. The van der Waals surface area contributed by atoms with Crippen LogP contribution in [0.15, 0.2) is 30.3 Å². The normalized spacial score (nSPS) is 8.90. The maximum atomic E-state index is 6.77. The summed E-state index contributed by atoms with van der Waals surface area (Å²) in [6.07, 6.45) is 0. The zero-order valence-electron chi connectivity index (χ0n) is 5.17. The summed E-state index contributed by atoms with van der Waals surface area (Å²) < 4.78 is 4.76. The Morgan fingerprint density at radius 3 is 2.40 bits per heavy atom. The minimum Gasteiger partial charge on any atom is -0.430 e. The van der Waals surface area contributed by atoms with Crippen LogP contribution < -0.4 is 4.74 Å². The fourth-order valence-corrected chi connectivity index (χ4v) is 0.681. The Labute approximate surface area is 63.9 Å². The molecule has 0 amide bonds. The molecule has 3 heteroatoms. The van der Waals surface area contributed by atoms with Gasteiger partial charge in [0.1, 0.15) is 5.75 Å². The summed E-state index contributed by atoms with van der Waals surface area (Å²) in [4.78, 5) is 0. The average molecular weight is 156 g/mol. The van der Waals surface area contributed by atoms with Gasteiger partial charge in [0.25, 0.3) is 5.36 Å². The first-order chi connectivity index (χ1) is 4.79. The van der Waals surface area contributed by atoms with Crippen LogP contribution in [-0.2, 0) is 0 Å². The molecule has 1 aromatic rings. The summed E-state index contributed by atoms with van der Waals surface area (Å²) in [6, 6.07) is 8.96. The van der Waals surface area contributed by atoms with Gasteiger partial charge in [-0.15, -0.1) is 0 Å². The van der Waals surface area contributed by atoms with E-state index in [9.17, 15) is 0 Å². The van der Waals surface area contributed by atoms with Gasteiger partial charge in [-0.1, -0.05) is 18.2 Å². The standard InChI is InChI=1S/C7H6ClNO/c8-7(9)10-6-4-2-1-3-5-6/h1-5,9H. The number of benzene rings is 1. The van der Waals surface area contributed by atoms with Crippen LogP contribution in [0.5, 0.6) is 5.75 Å². The molecule has 0 heterocycles. The summed E-state index contributed by atoms with van der Waals surface area (Å²) in [5, 5.41) is 6.46. The molecular weight excluding hydrogens is 150 g/mol. The van der Waals surface area contributed by atoms with E-state index in [0.717, 1.165) is 0 Å². The molecule has 0 bridgehead atoms. The van der Waals surface area contributed by atoms with Crippen molar-refractivity contribution in [3.63, 3.8) is 0 Å². The van der Waals surface area contributed by atoms with Crippen LogP contribution >= 0.6 is 11.6 Å². The molecule has 0 radical (unpaired) electrons. The number of halogens is 1. The number of rotatable bonds is 1. The van der Waals surface area contributed by atoms with E-state index < -0.39 is 0 Å². The molecule has 1 N–H and O–H groups in total. The van der Waals surface area contributed by atoms with Crippen LogP contribution in [-0.4, -0.2) is 5.36 Å². The smallest absolute Gasteiger partial charge is 0.284 e. The molecule has 10 heavy (non-hydrogen) atoms. The molecule has 0 saturated heterocycles. The summed E-state index contributed by atoms with van der Waals surface area (Å²) in [5.74, 6) is 0.586. The van der Waals surface area contributed by atoms with Crippen molar-refractivity contribution < 1.29 is 4.74 Å². The van der Waals surface area contributed by atoms with Gasteiger partial charge in [-0.25, -0.2) is 0 Å². The van der Waals surface area contributed by atoms with E-state index >= 15 is 0 Å². The number of hydrogen-bond acceptors (Lipinski definition) is 2. The number of ether oxygens (including phenoxy) is 1.